The van der Waals surface area contributed by atoms with Gasteiger partial charge in [0, 0.05) is 28.7 Å². The molecule has 0 radical (unpaired) electrons. The molecular formula is C14H13BrFNO2. The molecule has 0 fully saturated rings. The van der Waals surface area contributed by atoms with Gasteiger partial charge in [-0.05, 0) is 24.3 Å². The highest BCUT2D eigenvalue weighted by molar-refractivity contribution is 9.10. The summed E-state index contributed by atoms with van der Waals surface area (Å²) in [5, 5.41) is 22.0. The van der Waals surface area contributed by atoms with E-state index < -0.39 is 0 Å². The Balaban J connectivity index is 2.00. The van der Waals surface area contributed by atoms with Gasteiger partial charge in [0.15, 0.2) is 11.5 Å². The second kappa shape index (κ2) is 6.04. The molecule has 2 aromatic carbocycles. The van der Waals surface area contributed by atoms with Gasteiger partial charge in [-0.1, -0.05) is 28.1 Å². The highest BCUT2D eigenvalue weighted by Crippen LogP contribution is 2.28. The molecule has 3 N–H and O–H groups in total. The first-order valence-corrected chi connectivity index (χ1v) is 6.51. The number of aromatic hydroxyl groups is 2. The van der Waals surface area contributed by atoms with Crippen molar-refractivity contribution in [2.75, 3.05) is 0 Å². The lowest BCUT2D eigenvalue weighted by atomic mass is 10.1. The summed E-state index contributed by atoms with van der Waals surface area (Å²) in [6.45, 7) is 0.673. The summed E-state index contributed by atoms with van der Waals surface area (Å²) in [6.07, 6.45) is 0. The average Bonchev–Trinajstić information content (AvgIpc) is 2.38. The van der Waals surface area contributed by atoms with E-state index in [0.717, 1.165) is 4.47 Å². The minimum Gasteiger partial charge on any atom is -0.504 e. The second-order valence-corrected chi connectivity index (χ2v) is 5.04. The van der Waals surface area contributed by atoms with Crippen molar-refractivity contribution < 1.29 is 14.6 Å². The number of hydrogen-bond acceptors (Lipinski definition) is 3. The van der Waals surface area contributed by atoms with Crippen LogP contribution in [0.25, 0.3) is 0 Å². The van der Waals surface area contributed by atoms with Gasteiger partial charge in [-0.3, -0.25) is 0 Å². The van der Waals surface area contributed by atoms with Crippen molar-refractivity contribution in [3.8, 4) is 11.5 Å². The molecule has 100 valence electrons. The van der Waals surface area contributed by atoms with Gasteiger partial charge in [0.05, 0.1) is 0 Å². The SMILES string of the molecule is Oc1cccc(CNCc2cc(Br)ccc2F)c1O. The molecule has 0 aliphatic heterocycles. The van der Waals surface area contributed by atoms with Crippen LogP contribution in [0.5, 0.6) is 11.5 Å². The van der Waals surface area contributed by atoms with Crippen LogP contribution in [-0.4, -0.2) is 10.2 Å². The summed E-state index contributed by atoms with van der Waals surface area (Å²) in [5.74, 6) is -0.589. The highest BCUT2D eigenvalue weighted by Gasteiger charge is 2.06. The van der Waals surface area contributed by atoms with Crippen molar-refractivity contribution in [2.24, 2.45) is 0 Å². The first-order chi connectivity index (χ1) is 9.08. The van der Waals surface area contributed by atoms with Crippen molar-refractivity contribution in [3.63, 3.8) is 0 Å². The lowest BCUT2D eigenvalue weighted by molar-refractivity contribution is 0.397. The van der Waals surface area contributed by atoms with E-state index in [0.29, 0.717) is 24.2 Å². The average molecular weight is 326 g/mol. The molecule has 0 bridgehead atoms. The number of para-hydroxylation sites is 1. The van der Waals surface area contributed by atoms with Crippen molar-refractivity contribution in [3.05, 3.63) is 57.8 Å². The highest BCUT2D eigenvalue weighted by atomic mass is 79.9. The summed E-state index contributed by atoms with van der Waals surface area (Å²) < 4.78 is 14.3. The summed E-state index contributed by atoms with van der Waals surface area (Å²) in [7, 11) is 0. The Morgan fingerprint density at radius 2 is 1.79 bits per heavy atom. The van der Waals surface area contributed by atoms with E-state index in [4.69, 9.17) is 0 Å². The maximum absolute atomic E-state index is 13.5. The predicted octanol–water partition coefficient (Wildman–Crippen LogP) is 3.29. The molecule has 0 heterocycles. The molecule has 5 heteroatoms. The topological polar surface area (TPSA) is 52.5 Å². The van der Waals surface area contributed by atoms with Crippen LogP contribution in [0, 0.1) is 5.82 Å². The molecule has 0 amide bonds. The van der Waals surface area contributed by atoms with Crippen LogP contribution in [0.4, 0.5) is 4.39 Å². The maximum atomic E-state index is 13.5. The standard InChI is InChI=1S/C14H13BrFNO2/c15-11-4-5-12(16)10(6-11)8-17-7-9-2-1-3-13(18)14(9)19/h1-6,17-19H,7-8H2. The van der Waals surface area contributed by atoms with Crippen molar-refractivity contribution in [1.29, 1.82) is 0 Å². The fourth-order valence-corrected chi connectivity index (χ4v) is 2.14. The monoisotopic (exact) mass is 325 g/mol. The minimum atomic E-state index is -0.282. The predicted molar refractivity (Wildman–Crippen MR) is 74.4 cm³/mol. The van der Waals surface area contributed by atoms with E-state index in [-0.39, 0.29) is 17.3 Å². The van der Waals surface area contributed by atoms with E-state index >= 15 is 0 Å². The molecule has 0 saturated heterocycles. The Bertz CT molecular complexity index is 588. The third-order valence-electron chi connectivity index (χ3n) is 2.74. The van der Waals surface area contributed by atoms with Crippen LogP contribution in [0.1, 0.15) is 11.1 Å². The summed E-state index contributed by atoms with van der Waals surface area (Å²) in [6, 6.07) is 9.48. The van der Waals surface area contributed by atoms with Gasteiger partial charge in [-0.15, -0.1) is 0 Å². The Hall–Kier alpha value is -1.59. The van der Waals surface area contributed by atoms with Crippen molar-refractivity contribution in [1.82, 2.24) is 5.32 Å². The fraction of sp³-hybridized carbons (Fsp3) is 0.143. The first-order valence-electron chi connectivity index (χ1n) is 5.72. The van der Waals surface area contributed by atoms with Crippen LogP contribution in [0.3, 0.4) is 0 Å². The molecule has 0 aliphatic rings. The van der Waals surface area contributed by atoms with Crippen LogP contribution < -0.4 is 5.32 Å². The van der Waals surface area contributed by atoms with Gasteiger partial charge in [0.1, 0.15) is 5.82 Å². The van der Waals surface area contributed by atoms with Gasteiger partial charge in [0.25, 0.3) is 0 Å². The lowest BCUT2D eigenvalue weighted by Gasteiger charge is -2.09. The third kappa shape index (κ3) is 3.45. The smallest absolute Gasteiger partial charge is 0.161 e. The zero-order valence-corrected chi connectivity index (χ0v) is 11.6. The number of nitrogens with one attached hydrogen (secondary N) is 1. The largest absolute Gasteiger partial charge is 0.504 e. The van der Waals surface area contributed by atoms with Crippen molar-refractivity contribution in [2.45, 2.75) is 13.1 Å². The number of rotatable bonds is 4. The Morgan fingerprint density at radius 1 is 1.05 bits per heavy atom. The van der Waals surface area contributed by atoms with E-state index in [9.17, 15) is 14.6 Å². The van der Waals surface area contributed by atoms with E-state index in [1.54, 1.807) is 24.3 Å². The third-order valence-corrected chi connectivity index (χ3v) is 3.23. The molecular weight excluding hydrogens is 313 g/mol. The van der Waals surface area contributed by atoms with Gasteiger partial charge in [-0.25, -0.2) is 4.39 Å². The summed E-state index contributed by atoms with van der Waals surface area (Å²) in [5.41, 5.74) is 1.10. The van der Waals surface area contributed by atoms with Crippen LogP contribution in [0.2, 0.25) is 0 Å². The number of benzene rings is 2. The fourth-order valence-electron chi connectivity index (χ4n) is 1.73. The molecule has 2 aromatic rings. The first kappa shape index (κ1) is 13.8. The number of halogens is 2. The normalized spacial score (nSPS) is 10.6. The maximum Gasteiger partial charge on any atom is 0.161 e. The zero-order valence-electron chi connectivity index (χ0n) is 10.0. The zero-order chi connectivity index (χ0) is 13.8. The van der Waals surface area contributed by atoms with E-state index in [2.05, 4.69) is 21.2 Å². The molecule has 2 rings (SSSR count). The van der Waals surface area contributed by atoms with Gasteiger partial charge >= 0.3 is 0 Å². The summed E-state index contributed by atoms with van der Waals surface area (Å²) >= 11 is 3.29. The molecule has 0 atom stereocenters. The molecule has 0 aromatic heterocycles. The van der Waals surface area contributed by atoms with Gasteiger partial charge in [-0.2, -0.15) is 0 Å². The number of hydrogen-bond donors (Lipinski definition) is 3. The van der Waals surface area contributed by atoms with E-state index in [1.807, 2.05) is 0 Å². The quantitative estimate of drug-likeness (QED) is 0.756. The van der Waals surface area contributed by atoms with Gasteiger partial charge < -0.3 is 15.5 Å². The molecule has 0 saturated carbocycles. The summed E-state index contributed by atoms with van der Waals surface area (Å²) in [4.78, 5) is 0. The second-order valence-electron chi connectivity index (χ2n) is 4.12. The number of phenolic OH excluding ortho intramolecular Hbond substituents is 2. The molecule has 3 nitrogen and oxygen atoms in total. The van der Waals surface area contributed by atoms with E-state index in [1.165, 1.54) is 12.1 Å². The van der Waals surface area contributed by atoms with Crippen molar-refractivity contribution >= 4 is 15.9 Å². The number of phenols is 2. The van der Waals surface area contributed by atoms with Gasteiger partial charge in [0.2, 0.25) is 0 Å². The molecule has 0 aliphatic carbocycles. The lowest BCUT2D eigenvalue weighted by Crippen LogP contribution is -2.13. The van der Waals surface area contributed by atoms with Crippen LogP contribution >= 0.6 is 15.9 Å². The molecule has 0 unspecified atom stereocenters. The Labute approximate surface area is 118 Å². The van der Waals surface area contributed by atoms with Crippen LogP contribution in [0.15, 0.2) is 40.9 Å². The minimum absolute atomic E-state index is 0.148. The Morgan fingerprint density at radius 3 is 2.58 bits per heavy atom. The van der Waals surface area contributed by atoms with Crippen LogP contribution in [-0.2, 0) is 13.1 Å². The Kier molecular flexibility index (Phi) is 4.39. The molecule has 0 spiro atoms. The molecule has 19 heavy (non-hydrogen) atoms.